The molecule has 2 N–H and O–H groups in total. The fourth-order valence-electron chi connectivity index (χ4n) is 1.64. The predicted octanol–water partition coefficient (Wildman–Crippen LogP) is 2.16. The standard InChI is InChI=1S/C13H19FN2O/c1-3-10(9-15)8-13(17)16(2)12-7-5-4-6-11(12)14/h4-7,10H,3,8-9,15H2,1-2H3. The second-order valence-electron chi connectivity index (χ2n) is 4.12. The van der Waals surface area contributed by atoms with Gasteiger partial charge in [0.15, 0.2) is 0 Å². The lowest BCUT2D eigenvalue weighted by Gasteiger charge is -2.20. The highest BCUT2D eigenvalue weighted by molar-refractivity contribution is 5.93. The van der Waals surface area contributed by atoms with Crippen LogP contribution < -0.4 is 10.6 Å². The van der Waals surface area contributed by atoms with Crippen LogP contribution in [0.4, 0.5) is 10.1 Å². The summed E-state index contributed by atoms with van der Waals surface area (Å²) in [6.45, 7) is 2.47. The van der Waals surface area contributed by atoms with Gasteiger partial charge < -0.3 is 10.6 Å². The van der Waals surface area contributed by atoms with Gasteiger partial charge in [0.25, 0.3) is 0 Å². The Morgan fingerprint density at radius 1 is 1.47 bits per heavy atom. The topological polar surface area (TPSA) is 46.3 Å². The molecule has 3 nitrogen and oxygen atoms in total. The van der Waals surface area contributed by atoms with Crippen molar-refractivity contribution in [2.75, 3.05) is 18.5 Å². The third kappa shape index (κ3) is 3.53. The maximum absolute atomic E-state index is 13.5. The van der Waals surface area contributed by atoms with Gasteiger partial charge in [0.2, 0.25) is 5.91 Å². The number of nitrogens with two attached hydrogens (primary N) is 1. The molecule has 94 valence electrons. The van der Waals surface area contributed by atoms with Crippen LogP contribution in [0.3, 0.4) is 0 Å². The van der Waals surface area contributed by atoms with Gasteiger partial charge in [0, 0.05) is 13.5 Å². The molecule has 0 aliphatic heterocycles. The van der Waals surface area contributed by atoms with Gasteiger partial charge in [0.1, 0.15) is 5.82 Å². The summed E-state index contributed by atoms with van der Waals surface area (Å²) in [4.78, 5) is 13.3. The van der Waals surface area contributed by atoms with Crippen molar-refractivity contribution in [2.24, 2.45) is 11.7 Å². The highest BCUT2D eigenvalue weighted by atomic mass is 19.1. The fourth-order valence-corrected chi connectivity index (χ4v) is 1.64. The fraction of sp³-hybridized carbons (Fsp3) is 0.462. The van der Waals surface area contributed by atoms with Crippen molar-refractivity contribution in [3.05, 3.63) is 30.1 Å². The molecule has 0 fully saturated rings. The number of carbonyl (C=O) groups excluding carboxylic acids is 1. The smallest absolute Gasteiger partial charge is 0.227 e. The largest absolute Gasteiger partial charge is 0.330 e. The third-order valence-corrected chi connectivity index (χ3v) is 2.96. The maximum Gasteiger partial charge on any atom is 0.227 e. The highest BCUT2D eigenvalue weighted by Crippen LogP contribution is 2.19. The molecule has 0 spiro atoms. The minimum absolute atomic E-state index is 0.104. The zero-order valence-corrected chi connectivity index (χ0v) is 10.3. The summed E-state index contributed by atoms with van der Waals surface area (Å²) < 4.78 is 13.5. The number of para-hydroxylation sites is 1. The predicted molar refractivity (Wildman–Crippen MR) is 67.3 cm³/mol. The molecule has 0 aromatic heterocycles. The molecular formula is C13H19FN2O. The van der Waals surface area contributed by atoms with E-state index in [9.17, 15) is 9.18 Å². The Labute approximate surface area is 101 Å². The van der Waals surface area contributed by atoms with E-state index in [1.165, 1.54) is 11.0 Å². The van der Waals surface area contributed by atoms with Crippen LogP contribution in [0.25, 0.3) is 0 Å². The lowest BCUT2D eigenvalue weighted by atomic mass is 10.0. The van der Waals surface area contributed by atoms with Crippen molar-refractivity contribution < 1.29 is 9.18 Å². The molecule has 0 saturated carbocycles. The van der Waals surface area contributed by atoms with Crippen molar-refractivity contribution in [2.45, 2.75) is 19.8 Å². The van der Waals surface area contributed by atoms with Crippen LogP contribution in [-0.2, 0) is 4.79 Å². The van der Waals surface area contributed by atoms with Crippen molar-refractivity contribution in [1.82, 2.24) is 0 Å². The van der Waals surface area contributed by atoms with Gasteiger partial charge >= 0.3 is 0 Å². The average Bonchev–Trinajstić information content (AvgIpc) is 2.35. The SMILES string of the molecule is CCC(CN)CC(=O)N(C)c1ccccc1F. The van der Waals surface area contributed by atoms with Crippen LogP contribution in [0.15, 0.2) is 24.3 Å². The summed E-state index contributed by atoms with van der Waals surface area (Å²) in [5, 5.41) is 0. The summed E-state index contributed by atoms with van der Waals surface area (Å²) in [6.07, 6.45) is 1.21. The Balaban J connectivity index is 2.73. The molecule has 0 radical (unpaired) electrons. The Morgan fingerprint density at radius 2 is 2.12 bits per heavy atom. The summed E-state index contributed by atoms with van der Waals surface area (Å²) in [7, 11) is 1.59. The number of benzene rings is 1. The minimum Gasteiger partial charge on any atom is -0.330 e. The zero-order valence-electron chi connectivity index (χ0n) is 10.3. The quantitative estimate of drug-likeness (QED) is 0.854. The molecule has 1 rings (SSSR count). The lowest BCUT2D eigenvalue weighted by molar-refractivity contribution is -0.119. The monoisotopic (exact) mass is 238 g/mol. The molecule has 1 unspecified atom stereocenters. The number of hydrogen-bond acceptors (Lipinski definition) is 2. The number of anilines is 1. The van der Waals surface area contributed by atoms with E-state index in [0.717, 1.165) is 6.42 Å². The van der Waals surface area contributed by atoms with E-state index < -0.39 is 0 Å². The van der Waals surface area contributed by atoms with E-state index >= 15 is 0 Å². The van der Waals surface area contributed by atoms with E-state index in [1.54, 1.807) is 25.2 Å². The normalized spacial score (nSPS) is 12.2. The molecule has 1 amide bonds. The van der Waals surface area contributed by atoms with Crippen molar-refractivity contribution in [3.8, 4) is 0 Å². The Kier molecular flexibility index (Phi) is 5.10. The molecule has 0 bridgehead atoms. The molecule has 1 aromatic rings. The molecule has 4 heteroatoms. The second kappa shape index (κ2) is 6.35. The Hall–Kier alpha value is -1.42. The summed E-state index contributed by atoms with van der Waals surface area (Å²) in [6, 6.07) is 6.25. The van der Waals surface area contributed by atoms with Crippen LogP contribution >= 0.6 is 0 Å². The van der Waals surface area contributed by atoms with Crippen molar-refractivity contribution in [3.63, 3.8) is 0 Å². The summed E-state index contributed by atoms with van der Waals surface area (Å²) in [5.74, 6) is -0.326. The molecule has 1 atom stereocenters. The highest BCUT2D eigenvalue weighted by Gasteiger charge is 2.17. The molecule has 17 heavy (non-hydrogen) atoms. The van der Waals surface area contributed by atoms with E-state index in [2.05, 4.69) is 0 Å². The van der Waals surface area contributed by atoms with E-state index in [1.807, 2.05) is 6.92 Å². The van der Waals surface area contributed by atoms with Crippen LogP contribution in [0.1, 0.15) is 19.8 Å². The van der Waals surface area contributed by atoms with Gasteiger partial charge in [-0.2, -0.15) is 0 Å². The van der Waals surface area contributed by atoms with Gasteiger partial charge in [-0.3, -0.25) is 4.79 Å². The van der Waals surface area contributed by atoms with Crippen LogP contribution in [-0.4, -0.2) is 19.5 Å². The molecule has 0 saturated heterocycles. The Morgan fingerprint density at radius 3 is 2.65 bits per heavy atom. The number of hydrogen-bond donors (Lipinski definition) is 1. The number of rotatable bonds is 5. The zero-order chi connectivity index (χ0) is 12.8. The first-order valence-corrected chi connectivity index (χ1v) is 5.81. The van der Waals surface area contributed by atoms with Gasteiger partial charge in [-0.25, -0.2) is 4.39 Å². The number of amides is 1. The van der Waals surface area contributed by atoms with Crippen molar-refractivity contribution >= 4 is 11.6 Å². The lowest BCUT2D eigenvalue weighted by Crippen LogP contribution is -2.30. The van der Waals surface area contributed by atoms with Gasteiger partial charge in [-0.1, -0.05) is 25.5 Å². The number of halogens is 1. The van der Waals surface area contributed by atoms with E-state index in [0.29, 0.717) is 18.7 Å². The maximum atomic E-state index is 13.5. The second-order valence-corrected chi connectivity index (χ2v) is 4.12. The number of nitrogens with zero attached hydrogens (tertiary/aromatic N) is 1. The van der Waals surface area contributed by atoms with Gasteiger partial charge in [-0.05, 0) is 24.6 Å². The minimum atomic E-state index is -0.385. The first-order chi connectivity index (χ1) is 8.10. The summed E-state index contributed by atoms with van der Waals surface area (Å²) >= 11 is 0. The number of carbonyl (C=O) groups is 1. The molecule has 0 heterocycles. The van der Waals surface area contributed by atoms with Crippen LogP contribution in [0.2, 0.25) is 0 Å². The first-order valence-electron chi connectivity index (χ1n) is 5.81. The summed E-state index contributed by atoms with van der Waals surface area (Å²) in [5.41, 5.74) is 5.87. The first kappa shape index (κ1) is 13.6. The van der Waals surface area contributed by atoms with E-state index in [-0.39, 0.29) is 17.6 Å². The van der Waals surface area contributed by atoms with Crippen molar-refractivity contribution in [1.29, 1.82) is 0 Å². The Bertz CT molecular complexity index is 377. The molecule has 0 aliphatic carbocycles. The molecule has 0 aliphatic rings. The van der Waals surface area contributed by atoms with Crippen LogP contribution in [0, 0.1) is 11.7 Å². The molecular weight excluding hydrogens is 219 g/mol. The van der Waals surface area contributed by atoms with Crippen LogP contribution in [0.5, 0.6) is 0 Å². The van der Waals surface area contributed by atoms with E-state index in [4.69, 9.17) is 5.73 Å². The van der Waals surface area contributed by atoms with Gasteiger partial charge in [-0.15, -0.1) is 0 Å². The molecule has 1 aromatic carbocycles. The van der Waals surface area contributed by atoms with Gasteiger partial charge in [0.05, 0.1) is 5.69 Å². The average molecular weight is 238 g/mol. The third-order valence-electron chi connectivity index (χ3n) is 2.96.